The van der Waals surface area contributed by atoms with Gasteiger partial charge in [0.05, 0.1) is 18.4 Å². The number of anilines is 1. The van der Waals surface area contributed by atoms with Crippen LogP contribution in [0.3, 0.4) is 0 Å². The predicted octanol–water partition coefficient (Wildman–Crippen LogP) is 4.69. The van der Waals surface area contributed by atoms with Crippen LogP contribution in [0.25, 0.3) is 0 Å². The van der Waals surface area contributed by atoms with Crippen molar-refractivity contribution in [1.82, 2.24) is 19.6 Å². The highest BCUT2D eigenvalue weighted by molar-refractivity contribution is 6.31. The van der Waals surface area contributed by atoms with Gasteiger partial charge in [0.25, 0.3) is 5.91 Å². The molecule has 8 heteroatoms. The summed E-state index contributed by atoms with van der Waals surface area (Å²) in [4.78, 5) is 12.5. The summed E-state index contributed by atoms with van der Waals surface area (Å²) in [6.07, 6.45) is 5.12. The Morgan fingerprint density at radius 2 is 1.94 bits per heavy atom. The molecule has 0 bridgehead atoms. The lowest BCUT2D eigenvalue weighted by Crippen LogP contribution is -2.14. The molecule has 0 radical (unpaired) electrons. The number of halogens is 1. The SMILES string of the molecule is Cc1cc(OCn2ccc(C(=O)Nc3cnn(Cc4ccccc4C)c3)n2)ccc1Cl. The number of hydrogen-bond donors (Lipinski definition) is 1. The van der Waals surface area contributed by atoms with Gasteiger partial charge >= 0.3 is 0 Å². The average Bonchev–Trinajstić information content (AvgIpc) is 3.40. The number of nitrogens with one attached hydrogen (secondary N) is 1. The lowest BCUT2D eigenvalue weighted by molar-refractivity contribution is 0.102. The summed E-state index contributed by atoms with van der Waals surface area (Å²) < 4.78 is 9.05. The summed E-state index contributed by atoms with van der Waals surface area (Å²) in [5.74, 6) is 0.376. The maximum Gasteiger partial charge on any atom is 0.276 e. The molecule has 2 aromatic carbocycles. The number of rotatable bonds is 7. The van der Waals surface area contributed by atoms with Crippen LogP contribution < -0.4 is 10.1 Å². The van der Waals surface area contributed by atoms with E-state index >= 15 is 0 Å². The molecule has 0 saturated carbocycles. The van der Waals surface area contributed by atoms with E-state index in [0.717, 1.165) is 5.56 Å². The molecule has 4 rings (SSSR count). The Morgan fingerprint density at radius 3 is 2.74 bits per heavy atom. The molecule has 31 heavy (non-hydrogen) atoms. The first-order valence-electron chi connectivity index (χ1n) is 9.78. The molecule has 0 aliphatic heterocycles. The Hall–Kier alpha value is -3.58. The van der Waals surface area contributed by atoms with Crippen LogP contribution >= 0.6 is 11.6 Å². The zero-order valence-corrected chi connectivity index (χ0v) is 18.0. The first-order chi connectivity index (χ1) is 15.0. The van der Waals surface area contributed by atoms with Gasteiger partial charge in [-0.25, -0.2) is 4.68 Å². The minimum absolute atomic E-state index is 0.183. The second kappa shape index (κ2) is 9.06. The number of nitrogens with zero attached hydrogens (tertiary/aromatic N) is 4. The van der Waals surface area contributed by atoms with Crippen LogP contribution in [-0.4, -0.2) is 25.5 Å². The van der Waals surface area contributed by atoms with Crippen LogP contribution in [0, 0.1) is 13.8 Å². The summed E-state index contributed by atoms with van der Waals surface area (Å²) >= 11 is 6.03. The maximum atomic E-state index is 12.5. The van der Waals surface area contributed by atoms with Crippen LogP contribution in [0.2, 0.25) is 5.02 Å². The standard InChI is InChI=1S/C23H22ClN5O2/c1-16-5-3-4-6-18(16)13-29-14-19(12-25-29)26-23(30)22-9-10-28(27-22)15-31-20-7-8-21(24)17(2)11-20/h3-12,14H,13,15H2,1-2H3,(H,26,30). The molecule has 7 nitrogen and oxygen atoms in total. The normalized spacial score (nSPS) is 10.8. The van der Waals surface area contributed by atoms with Crippen molar-refractivity contribution in [2.45, 2.75) is 27.1 Å². The first-order valence-corrected chi connectivity index (χ1v) is 10.2. The van der Waals surface area contributed by atoms with E-state index in [-0.39, 0.29) is 12.6 Å². The van der Waals surface area contributed by atoms with Crippen LogP contribution in [0.15, 0.2) is 67.1 Å². The molecule has 158 valence electrons. The summed E-state index contributed by atoms with van der Waals surface area (Å²) in [7, 11) is 0. The third kappa shape index (κ3) is 5.13. The van der Waals surface area contributed by atoms with E-state index in [1.807, 2.05) is 25.1 Å². The lowest BCUT2D eigenvalue weighted by Gasteiger charge is -2.07. The second-order valence-electron chi connectivity index (χ2n) is 7.23. The van der Waals surface area contributed by atoms with Crippen molar-refractivity contribution in [2.75, 3.05) is 5.32 Å². The van der Waals surface area contributed by atoms with Crippen molar-refractivity contribution in [3.8, 4) is 5.75 Å². The highest BCUT2D eigenvalue weighted by Gasteiger charge is 2.12. The highest BCUT2D eigenvalue weighted by Crippen LogP contribution is 2.21. The van der Waals surface area contributed by atoms with Gasteiger partial charge in [0.2, 0.25) is 0 Å². The molecule has 2 heterocycles. The number of aryl methyl sites for hydroxylation is 2. The zero-order valence-electron chi connectivity index (χ0n) is 17.2. The summed E-state index contributed by atoms with van der Waals surface area (Å²) in [6.45, 7) is 4.80. The highest BCUT2D eigenvalue weighted by atomic mass is 35.5. The van der Waals surface area contributed by atoms with E-state index in [2.05, 4.69) is 34.6 Å². The monoisotopic (exact) mass is 435 g/mol. The molecular formula is C23H22ClN5O2. The minimum Gasteiger partial charge on any atom is -0.471 e. The van der Waals surface area contributed by atoms with Gasteiger partial charge in [-0.3, -0.25) is 9.48 Å². The molecule has 1 amide bonds. The quantitative estimate of drug-likeness (QED) is 0.457. The molecule has 2 aromatic heterocycles. The Kier molecular flexibility index (Phi) is 6.04. The van der Waals surface area contributed by atoms with Gasteiger partial charge in [-0.1, -0.05) is 35.9 Å². The largest absolute Gasteiger partial charge is 0.471 e. The number of aromatic nitrogens is 4. The van der Waals surface area contributed by atoms with Crippen LogP contribution in [0.5, 0.6) is 5.75 Å². The van der Waals surface area contributed by atoms with E-state index in [1.54, 1.807) is 46.2 Å². The van der Waals surface area contributed by atoms with Crippen molar-refractivity contribution in [1.29, 1.82) is 0 Å². The average molecular weight is 436 g/mol. The number of hydrogen-bond acceptors (Lipinski definition) is 4. The van der Waals surface area contributed by atoms with Gasteiger partial charge in [-0.2, -0.15) is 10.2 Å². The van der Waals surface area contributed by atoms with E-state index in [9.17, 15) is 4.79 Å². The fourth-order valence-corrected chi connectivity index (χ4v) is 3.19. The first kappa shape index (κ1) is 20.7. The van der Waals surface area contributed by atoms with E-state index < -0.39 is 0 Å². The van der Waals surface area contributed by atoms with Gasteiger partial charge in [0.1, 0.15) is 5.75 Å². The van der Waals surface area contributed by atoms with Gasteiger partial charge in [0, 0.05) is 17.4 Å². The minimum atomic E-state index is -0.309. The predicted molar refractivity (Wildman–Crippen MR) is 120 cm³/mol. The summed E-state index contributed by atoms with van der Waals surface area (Å²) in [6, 6.07) is 15.2. The third-order valence-corrected chi connectivity index (χ3v) is 5.27. The molecule has 0 aliphatic rings. The van der Waals surface area contributed by atoms with Crippen LogP contribution in [-0.2, 0) is 13.3 Å². The molecule has 0 fully saturated rings. The molecule has 0 aliphatic carbocycles. The molecule has 4 aromatic rings. The smallest absolute Gasteiger partial charge is 0.276 e. The van der Waals surface area contributed by atoms with Crippen molar-refractivity contribution in [3.05, 3.63) is 94.5 Å². The molecule has 1 N–H and O–H groups in total. The molecule has 0 saturated heterocycles. The number of ether oxygens (including phenoxy) is 1. The van der Waals surface area contributed by atoms with Gasteiger partial charge in [-0.05, 0) is 54.8 Å². The van der Waals surface area contributed by atoms with Crippen LogP contribution in [0.1, 0.15) is 27.2 Å². The van der Waals surface area contributed by atoms with Crippen molar-refractivity contribution in [3.63, 3.8) is 0 Å². The molecule has 0 spiro atoms. The Bertz CT molecular complexity index is 1210. The second-order valence-corrected chi connectivity index (χ2v) is 7.64. The Labute approximate surface area is 185 Å². The fourth-order valence-electron chi connectivity index (χ4n) is 3.07. The van der Waals surface area contributed by atoms with E-state index in [1.165, 1.54) is 11.1 Å². The van der Waals surface area contributed by atoms with Gasteiger partial charge in [-0.15, -0.1) is 0 Å². The number of carbonyl (C=O) groups excluding carboxylic acids is 1. The Morgan fingerprint density at radius 1 is 1.10 bits per heavy atom. The summed E-state index contributed by atoms with van der Waals surface area (Å²) in [5, 5.41) is 12.1. The maximum absolute atomic E-state index is 12.5. The Balaban J connectivity index is 1.34. The fraction of sp³-hybridized carbons (Fsp3) is 0.174. The summed E-state index contributed by atoms with van der Waals surface area (Å²) in [5.41, 5.74) is 4.22. The number of carbonyl (C=O) groups is 1. The molecule has 0 unspecified atom stereocenters. The lowest BCUT2D eigenvalue weighted by atomic mass is 10.1. The van der Waals surface area contributed by atoms with E-state index in [4.69, 9.17) is 16.3 Å². The van der Waals surface area contributed by atoms with Crippen LogP contribution in [0.4, 0.5) is 5.69 Å². The third-order valence-electron chi connectivity index (χ3n) is 4.85. The van der Waals surface area contributed by atoms with Crippen molar-refractivity contribution < 1.29 is 9.53 Å². The molecule has 0 atom stereocenters. The van der Waals surface area contributed by atoms with Gasteiger partial charge in [0.15, 0.2) is 12.4 Å². The zero-order chi connectivity index (χ0) is 21.8. The topological polar surface area (TPSA) is 74.0 Å². The molecular weight excluding hydrogens is 414 g/mol. The van der Waals surface area contributed by atoms with Crippen molar-refractivity contribution in [2.24, 2.45) is 0 Å². The van der Waals surface area contributed by atoms with Crippen molar-refractivity contribution >= 4 is 23.2 Å². The number of benzene rings is 2. The van der Waals surface area contributed by atoms with Gasteiger partial charge < -0.3 is 10.1 Å². The van der Waals surface area contributed by atoms with E-state index in [0.29, 0.717) is 28.7 Å². The number of amides is 1.